The Morgan fingerprint density at radius 1 is 1.04 bits per heavy atom. The summed E-state index contributed by atoms with van der Waals surface area (Å²) >= 11 is 0. The molecule has 0 aliphatic rings. The number of carbonyl (C=O) groups excluding carboxylic acids is 1. The molecule has 6 heteroatoms. The van der Waals surface area contributed by atoms with Gasteiger partial charge in [0.15, 0.2) is 0 Å². The molecule has 6 nitrogen and oxygen atoms in total. The van der Waals surface area contributed by atoms with Gasteiger partial charge in [-0.1, -0.05) is 42.5 Å². The van der Waals surface area contributed by atoms with E-state index in [1.54, 1.807) is 13.3 Å². The van der Waals surface area contributed by atoms with Gasteiger partial charge in [0.25, 0.3) is 5.91 Å². The Balaban J connectivity index is 1.55. The highest BCUT2D eigenvalue weighted by molar-refractivity contribution is 5.91. The van der Waals surface area contributed by atoms with Gasteiger partial charge in [0.2, 0.25) is 0 Å². The van der Waals surface area contributed by atoms with E-state index in [4.69, 9.17) is 4.74 Å². The number of hydrogen-bond acceptors (Lipinski definition) is 5. The van der Waals surface area contributed by atoms with Crippen molar-refractivity contribution in [3.63, 3.8) is 0 Å². The van der Waals surface area contributed by atoms with Crippen molar-refractivity contribution in [2.45, 2.75) is 19.5 Å². The fourth-order valence-corrected chi connectivity index (χ4v) is 2.58. The summed E-state index contributed by atoms with van der Waals surface area (Å²) in [5.41, 5.74) is 2.41. The number of nitrogens with zero attached hydrogens (tertiary/aromatic N) is 2. The van der Waals surface area contributed by atoms with Crippen molar-refractivity contribution in [2.24, 2.45) is 0 Å². The van der Waals surface area contributed by atoms with Gasteiger partial charge in [0.05, 0.1) is 19.5 Å². The summed E-state index contributed by atoms with van der Waals surface area (Å²) in [4.78, 5) is 20.7. The molecule has 3 aromatic rings. The fraction of sp³-hybridized carbons (Fsp3) is 0.190. The molecule has 1 unspecified atom stereocenters. The molecule has 1 atom stereocenters. The third-order valence-corrected chi connectivity index (χ3v) is 4.16. The van der Waals surface area contributed by atoms with Crippen LogP contribution in [0.4, 0.5) is 5.82 Å². The summed E-state index contributed by atoms with van der Waals surface area (Å²) in [5, 5.41) is 6.11. The lowest BCUT2D eigenvalue weighted by atomic mass is 10.1. The molecule has 0 radical (unpaired) electrons. The lowest BCUT2D eigenvalue weighted by Crippen LogP contribution is -2.24. The molecule has 3 rings (SSSR count). The van der Waals surface area contributed by atoms with Crippen molar-refractivity contribution < 1.29 is 9.53 Å². The number of nitrogens with one attached hydrogen (secondary N) is 2. The minimum atomic E-state index is -0.263. The average molecular weight is 362 g/mol. The first kappa shape index (κ1) is 18.4. The predicted octanol–water partition coefficient (Wildman–Crippen LogP) is 3.59. The number of rotatable bonds is 7. The van der Waals surface area contributed by atoms with E-state index in [0.29, 0.717) is 12.4 Å². The van der Waals surface area contributed by atoms with E-state index in [1.807, 2.05) is 61.5 Å². The fourth-order valence-electron chi connectivity index (χ4n) is 2.58. The molecule has 0 fully saturated rings. The Kier molecular flexibility index (Phi) is 5.99. The smallest absolute Gasteiger partial charge is 0.271 e. The second-order valence-electron chi connectivity index (χ2n) is 6.09. The van der Waals surface area contributed by atoms with Gasteiger partial charge < -0.3 is 15.4 Å². The Bertz CT molecular complexity index is 865. The average Bonchev–Trinajstić information content (AvgIpc) is 2.73. The number of methoxy groups -OCH3 is 1. The van der Waals surface area contributed by atoms with Gasteiger partial charge in [0.1, 0.15) is 17.3 Å². The maximum Gasteiger partial charge on any atom is 0.271 e. The summed E-state index contributed by atoms with van der Waals surface area (Å²) in [6, 6.07) is 17.7. The lowest BCUT2D eigenvalue weighted by molar-refractivity contribution is 0.0945. The van der Waals surface area contributed by atoms with Crippen LogP contribution in [0, 0.1) is 0 Å². The molecule has 0 saturated heterocycles. The van der Waals surface area contributed by atoms with Crippen LogP contribution < -0.4 is 15.4 Å². The van der Waals surface area contributed by atoms with Crippen LogP contribution >= 0.6 is 0 Å². The third kappa shape index (κ3) is 5.04. The van der Waals surface area contributed by atoms with Crippen molar-refractivity contribution >= 4 is 11.7 Å². The zero-order valence-electron chi connectivity index (χ0n) is 15.3. The number of benzene rings is 2. The van der Waals surface area contributed by atoms with Crippen molar-refractivity contribution in [2.75, 3.05) is 12.4 Å². The quantitative estimate of drug-likeness (QED) is 0.672. The molecule has 0 aliphatic carbocycles. The van der Waals surface area contributed by atoms with E-state index in [1.165, 1.54) is 6.20 Å². The Morgan fingerprint density at radius 3 is 2.41 bits per heavy atom. The second-order valence-corrected chi connectivity index (χ2v) is 6.09. The van der Waals surface area contributed by atoms with Gasteiger partial charge in [-0.15, -0.1) is 0 Å². The predicted molar refractivity (Wildman–Crippen MR) is 105 cm³/mol. The monoisotopic (exact) mass is 362 g/mol. The Hall–Kier alpha value is -3.41. The van der Waals surface area contributed by atoms with Crippen LogP contribution in [-0.2, 0) is 6.54 Å². The summed E-state index contributed by atoms with van der Waals surface area (Å²) < 4.78 is 5.12. The standard InChI is InChI=1S/C21H22N4O2/c1-15(17-6-4-3-5-7-17)25-20-14-22-19(13-23-20)21(26)24-12-16-8-10-18(27-2)11-9-16/h3-11,13-15H,12H2,1-2H3,(H,23,25)(H,24,26). The highest BCUT2D eigenvalue weighted by Gasteiger charge is 2.10. The van der Waals surface area contributed by atoms with Crippen LogP contribution in [0.5, 0.6) is 5.75 Å². The third-order valence-electron chi connectivity index (χ3n) is 4.16. The van der Waals surface area contributed by atoms with E-state index in [2.05, 4.69) is 20.6 Å². The Labute approximate surface area is 158 Å². The van der Waals surface area contributed by atoms with Crippen LogP contribution in [0.2, 0.25) is 0 Å². The molecular weight excluding hydrogens is 340 g/mol. The molecular formula is C21H22N4O2. The molecule has 27 heavy (non-hydrogen) atoms. The van der Waals surface area contributed by atoms with Crippen molar-refractivity contribution in [1.82, 2.24) is 15.3 Å². The molecule has 0 aliphatic heterocycles. The summed E-state index contributed by atoms with van der Waals surface area (Å²) in [6.45, 7) is 2.46. The minimum absolute atomic E-state index is 0.0928. The topological polar surface area (TPSA) is 76.1 Å². The summed E-state index contributed by atoms with van der Waals surface area (Å²) in [6.07, 6.45) is 3.05. The maximum atomic E-state index is 12.2. The largest absolute Gasteiger partial charge is 0.497 e. The molecule has 2 aromatic carbocycles. The maximum absolute atomic E-state index is 12.2. The van der Waals surface area contributed by atoms with Crippen molar-refractivity contribution in [3.05, 3.63) is 83.8 Å². The van der Waals surface area contributed by atoms with Crippen LogP contribution in [0.1, 0.15) is 34.6 Å². The number of hydrogen-bond donors (Lipinski definition) is 2. The first-order valence-electron chi connectivity index (χ1n) is 8.70. The SMILES string of the molecule is COc1ccc(CNC(=O)c2cnc(NC(C)c3ccccc3)cn2)cc1. The number of aromatic nitrogens is 2. The van der Waals surface area contributed by atoms with Crippen LogP contribution in [0.25, 0.3) is 0 Å². The molecule has 2 N–H and O–H groups in total. The number of ether oxygens (including phenoxy) is 1. The van der Waals surface area contributed by atoms with Gasteiger partial charge in [0, 0.05) is 12.6 Å². The van der Waals surface area contributed by atoms with Gasteiger partial charge in [-0.3, -0.25) is 4.79 Å². The normalized spacial score (nSPS) is 11.5. The van der Waals surface area contributed by atoms with Gasteiger partial charge in [-0.05, 0) is 30.2 Å². The van der Waals surface area contributed by atoms with E-state index in [9.17, 15) is 4.79 Å². The molecule has 1 aromatic heterocycles. The van der Waals surface area contributed by atoms with Gasteiger partial charge in [-0.25, -0.2) is 9.97 Å². The number of carbonyl (C=O) groups is 1. The van der Waals surface area contributed by atoms with Gasteiger partial charge in [-0.2, -0.15) is 0 Å². The minimum Gasteiger partial charge on any atom is -0.497 e. The number of amides is 1. The van der Waals surface area contributed by atoms with Crippen LogP contribution in [0.15, 0.2) is 67.0 Å². The van der Waals surface area contributed by atoms with E-state index >= 15 is 0 Å². The summed E-state index contributed by atoms with van der Waals surface area (Å²) in [5.74, 6) is 1.14. The molecule has 1 heterocycles. The van der Waals surface area contributed by atoms with E-state index < -0.39 is 0 Å². The highest BCUT2D eigenvalue weighted by atomic mass is 16.5. The van der Waals surface area contributed by atoms with Crippen molar-refractivity contribution in [3.8, 4) is 5.75 Å². The van der Waals surface area contributed by atoms with Crippen molar-refractivity contribution in [1.29, 1.82) is 0 Å². The Morgan fingerprint density at radius 2 is 1.78 bits per heavy atom. The molecule has 1 amide bonds. The second kappa shape index (κ2) is 8.80. The molecule has 138 valence electrons. The zero-order chi connectivity index (χ0) is 19.1. The zero-order valence-corrected chi connectivity index (χ0v) is 15.3. The van der Waals surface area contributed by atoms with Crippen LogP contribution in [0.3, 0.4) is 0 Å². The molecule has 0 saturated carbocycles. The van der Waals surface area contributed by atoms with E-state index in [0.717, 1.165) is 16.9 Å². The lowest BCUT2D eigenvalue weighted by Gasteiger charge is -2.14. The highest BCUT2D eigenvalue weighted by Crippen LogP contribution is 2.16. The first-order chi connectivity index (χ1) is 13.2. The summed E-state index contributed by atoms with van der Waals surface area (Å²) in [7, 11) is 1.62. The molecule has 0 bridgehead atoms. The first-order valence-corrected chi connectivity index (χ1v) is 8.70. The number of anilines is 1. The van der Waals surface area contributed by atoms with Gasteiger partial charge >= 0.3 is 0 Å². The van der Waals surface area contributed by atoms with E-state index in [-0.39, 0.29) is 17.6 Å². The molecule has 0 spiro atoms. The van der Waals surface area contributed by atoms with Crippen LogP contribution in [-0.4, -0.2) is 23.0 Å².